The smallest absolute Gasteiger partial charge is 0.303 e. The molecule has 1 N–H and O–H groups in total. The fourth-order valence-corrected chi connectivity index (χ4v) is 3.27. The zero-order chi connectivity index (χ0) is 15.6. The van der Waals surface area contributed by atoms with Crippen LogP contribution in [0.4, 0.5) is 0 Å². The Balaban J connectivity index is 2.55. The Morgan fingerprint density at radius 1 is 1.38 bits per heavy atom. The molecular formula is C16H21ClO4. The number of aliphatic carboxylic acids is 1. The van der Waals surface area contributed by atoms with E-state index in [-0.39, 0.29) is 12.3 Å². The number of benzene rings is 1. The lowest BCUT2D eigenvalue weighted by molar-refractivity contribution is -0.137. The van der Waals surface area contributed by atoms with Crippen LogP contribution in [0.2, 0.25) is 5.02 Å². The second-order valence-corrected chi connectivity index (χ2v) is 5.80. The Labute approximate surface area is 130 Å². The molecule has 0 aliphatic heterocycles. The Bertz CT molecular complexity index is 538. The SMILES string of the molecule is CCc1c(C(CC(=O)O)C2CC2)cc(Cl)c(OC)c1OC. The van der Waals surface area contributed by atoms with Gasteiger partial charge in [0.05, 0.1) is 25.7 Å². The minimum atomic E-state index is -0.778. The van der Waals surface area contributed by atoms with Gasteiger partial charge in [0, 0.05) is 5.56 Å². The molecule has 116 valence electrons. The molecule has 2 rings (SSSR count). The first-order valence-electron chi connectivity index (χ1n) is 7.18. The van der Waals surface area contributed by atoms with E-state index in [0.717, 1.165) is 30.4 Å². The highest BCUT2D eigenvalue weighted by Crippen LogP contribution is 2.50. The highest BCUT2D eigenvalue weighted by molar-refractivity contribution is 6.32. The maximum atomic E-state index is 11.2. The Morgan fingerprint density at radius 2 is 2.00 bits per heavy atom. The van der Waals surface area contributed by atoms with Gasteiger partial charge in [-0.05, 0) is 42.7 Å². The van der Waals surface area contributed by atoms with E-state index in [1.807, 2.05) is 13.0 Å². The normalized spacial score (nSPS) is 15.6. The predicted octanol–water partition coefficient (Wildman–Crippen LogP) is 3.89. The second kappa shape index (κ2) is 6.56. The molecule has 0 radical (unpaired) electrons. The van der Waals surface area contributed by atoms with Crippen molar-refractivity contribution in [3.8, 4) is 11.5 Å². The predicted molar refractivity (Wildman–Crippen MR) is 81.7 cm³/mol. The second-order valence-electron chi connectivity index (χ2n) is 5.39. The van der Waals surface area contributed by atoms with Crippen molar-refractivity contribution < 1.29 is 19.4 Å². The van der Waals surface area contributed by atoms with Crippen molar-refractivity contribution in [1.82, 2.24) is 0 Å². The number of hydrogen-bond donors (Lipinski definition) is 1. The summed E-state index contributed by atoms with van der Waals surface area (Å²) in [6.45, 7) is 2.03. The fraction of sp³-hybridized carbons (Fsp3) is 0.562. The first-order valence-corrected chi connectivity index (χ1v) is 7.56. The summed E-state index contributed by atoms with van der Waals surface area (Å²) in [7, 11) is 3.14. The molecule has 1 atom stereocenters. The van der Waals surface area contributed by atoms with Crippen LogP contribution < -0.4 is 9.47 Å². The van der Waals surface area contributed by atoms with E-state index in [9.17, 15) is 9.90 Å². The number of ether oxygens (including phenoxy) is 2. The van der Waals surface area contributed by atoms with Gasteiger partial charge in [0.15, 0.2) is 11.5 Å². The quantitative estimate of drug-likeness (QED) is 0.830. The van der Waals surface area contributed by atoms with Crippen LogP contribution in [0.25, 0.3) is 0 Å². The summed E-state index contributed by atoms with van der Waals surface area (Å²) in [6.07, 6.45) is 3.03. The maximum absolute atomic E-state index is 11.2. The molecule has 0 aromatic heterocycles. The summed E-state index contributed by atoms with van der Waals surface area (Å²) in [5, 5.41) is 9.66. The van der Waals surface area contributed by atoms with Crippen LogP contribution in [0.1, 0.15) is 43.2 Å². The summed E-state index contributed by atoms with van der Waals surface area (Å²) in [6, 6.07) is 1.85. The number of rotatable bonds is 7. The maximum Gasteiger partial charge on any atom is 0.303 e. The number of carboxylic acids is 1. The number of methoxy groups -OCH3 is 2. The van der Waals surface area contributed by atoms with Gasteiger partial charge in [-0.25, -0.2) is 0 Å². The van der Waals surface area contributed by atoms with Gasteiger partial charge in [0.1, 0.15) is 0 Å². The van der Waals surface area contributed by atoms with Crippen LogP contribution in [0.15, 0.2) is 6.07 Å². The summed E-state index contributed by atoms with van der Waals surface area (Å²) in [5.41, 5.74) is 1.99. The minimum Gasteiger partial charge on any atom is -0.493 e. The first kappa shape index (κ1) is 16.0. The third kappa shape index (κ3) is 3.26. The highest BCUT2D eigenvalue weighted by Gasteiger charge is 2.36. The largest absolute Gasteiger partial charge is 0.493 e. The van der Waals surface area contributed by atoms with Crippen LogP contribution in [-0.2, 0) is 11.2 Å². The van der Waals surface area contributed by atoms with Crippen LogP contribution >= 0.6 is 11.6 Å². The molecule has 1 aliphatic carbocycles. The third-order valence-corrected chi connectivity index (χ3v) is 4.36. The van der Waals surface area contributed by atoms with E-state index in [0.29, 0.717) is 22.4 Å². The van der Waals surface area contributed by atoms with Gasteiger partial charge < -0.3 is 14.6 Å². The molecule has 1 unspecified atom stereocenters. The van der Waals surface area contributed by atoms with Crippen molar-refractivity contribution in [3.63, 3.8) is 0 Å². The van der Waals surface area contributed by atoms with E-state index >= 15 is 0 Å². The van der Waals surface area contributed by atoms with Crippen molar-refractivity contribution in [2.24, 2.45) is 5.92 Å². The summed E-state index contributed by atoms with van der Waals surface area (Å²) in [5.74, 6) is 0.790. The van der Waals surface area contributed by atoms with Crippen molar-refractivity contribution in [2.45, 2.75) is 38.5 Å². The molecule has 0 bridgehead atoms. The van der Waals surface area contributed by atoms with E-state index in [1.54, 1.807) is 14.2 Å². The minimum absolute atomic E-state index is 0.00486. The lowest BCUT2D eigenvalue weighted by atomic mass is 9.86. The van der Waals surface area contributed by atoms with Crippen molar-refractivity contribution >= 4 is 17.6 Å². The van der Waals surface area contributed by atoms with Gasteiger partial charge in [-0.2, -0.15) is 0 Å². The summed E-state index contributed by atoms with van der Waals surface area (Å²) >= 11 is 6.30. The van der Waals surface area contributed by atoms with E-state index in [2.05, 4.69) is 0 Å². The van der Waals surface area contributed by atoms with E-state index in [4.69, 9.17) is 21.1 Å². The monoisotopic (exact) mass is 312 g/mol. The van der Waals surface area contributed by atoms with Gasteiger partial charge >= 0.3 is 5.97 Å². The molecule has 0 heterocycles. The molecular weight excluding hydrogens is 292 g/mol. The van der Waals surface area contributed by atoms with Gasteiger partial charge in [-0.1, -0.05) is 18.5 Å². The zero-order valence-corrected chi connectivity index (χ0v) is 13.4. The standard InChI is InChI=1S/C16H21ClO4/c1-4-10-12(11(8-14(18)19)9-5-6-9)7-13(17)16(21-3)15(10)20-2/h7,9,11H,4-6,8H2,1-3H3,(H,18,19). The van der Waals surface area contributed by atoms with E-state index < -0.39 is 5.97 Å². The molecule has 0 spiro atoms. The molecule has 1 fully saturated rings. The average Bonchev–Trinajstić information content (AvgIpc) is 3.27. The molecule has 1 aromatic carbocycles. The molecule has 21 heavy (non-hydrogen) atoms. The van der Waals surface area contributed by atoms with Crippen molar-refractivity contribution in [1.29, 1.82) is 0 Å². The van der Waals surface area contributed by atoms with Crippen molar-refractivity contribution in [2.75, 3.05) is 14.2 Å². The Hall–Kier alpha value is -1.42. The number of hydrogen-bond acceptors (Lipinski definition) is 3. The molecule has 0 saturated heterocycles. The lowest BCUT2D eigenvalue weighted by Gasteiger charge is -2.23. The number of carbonyl (C=O) groups is 1. The number of carboxylic acid groups (broad SMARTS) is 1. The molecule has 1 aliphatic rings. The van der Waals surface area contributed by atoms with Crippen LogP contribution in [0.3, 0.4) is 0 Å². The zero-order valence-electron chi connectivity index (χ0n) is 12.6. The molecule has 4 nitrogen and oxygen atoms in total. The van der Waals surface area contributed by atoms with Gasteiger partial charge in [0.2, 0.25) is 0 Å². The molecule has 5 heteroatoms. The number of halogens is 1. The summed E-state index contributed by atoms with van der Waals surface area (Å²) in [4.78, 5) is 11.2. The molecule has 1 saturated carbocycles. The lowest BCUT2D eigenvalue weighted by Crippen LogP contribution is -2.12. The van der Waals surface area contributed by atoms with Crippen LogP contribution in [-0.4, -0.2) is 25.3 Å². The van der Waals surface area contributed by atoms with Gasteiger partial charge in [-0.15, -0.1) is 0 Å². The van der Waals surface area contributed by atoms with Crippen LogP contribution in [0, 0.1) is 5.92 Å². The Kier molecular flexibility index (Phi) is 4.99. The summed E-state index contributed by atoms with van der Waals surface area (Å²) < 4.78 is 10.8. The van der Waals surface area contributed by atoms with Gasteiger partial charge in [-0.3, -0.25) is 4.79 Å². The fourth-order valence-electron chi connectivity index (χ4n) is 2.98. The molecule has 1 aromatic rings. The highest BCUT2D eigenvalue weighted by atomic mass is 35.5. The third-order valence-electron chi connectivity index (χ3n) is 4.07. The first-order chi connectivity index (χ1) is 10.0. The van der Waals surface area contributed by atoms with Crippen molar-refractivity contribution in [3.05, 3.63) is 22.2 Å². The average molecular weight is 313 g/mol. The van der Waals surface area contributed by atoms with Gasteiger partial charge in [0.25, 0.3) is 0 Å². The molecule has 0 amide bonds. The topological polar surface area (TPSA) is 55.8 Å². The Morgan fingerprint density at radius 3 is 2.43 bits per heavy atom. The van der Waals surface area contributed by atoms with Crippen LogP contribution in [0.5, 0.6) is 11.5 Å². The van der Waals surface area contributed by atoms with E-state index in [1.165, 1.54) is 0 Å².